The maximum atomic E-state index is 13.4. The summed E-state index contributed by atoms with van der Waals surface area (Å²) in [5, 5.41) is 3.49. The first-order valence-electron chi connectivity index (χ1n) is 8.12. The minimum absolute atomic E-state index is 0.141. The van der Waals surface area contributed by atoms with Gasteiger partial charge in [-0.1, -0.05) is 11.6 Å². The highest BCUT2D eigenvalue weighted by atomic mass is 35.5. The third kappa shape index (κ3) is 5.91. The van der Waals surface area contributed by atoms with Crippen LogP contribution in [0.3, 0.4) is 0 Å². The van der Waals surface area contributed by atoms with Crippen molar-refractivity contribution in [2.45, 2.75) is 19.4 Å². The van der Waals surface area contributed by atoms with Gasteiger partial charge < -0.3 is 10.2 Å². The SMILES string of the molecule is CCS(=O)(=O)O.Fc1ccc(N(c2cccnc2)[C@H]2CCNC2)cc1Cl. The van der Waals surface area contributed by atoms with Crippen LogP contribution in [0.1, 0.15) is 13.3 Å². The minimum atomic E-state index is -3.66. The van der Waals surface area contributed by atoms with Crippen molar-refractivity contribution in [3.05, 3.63) is 53.6 Å². The van der Waals surface area contributed by atoms with Gasteiger partial charge in [-0.2, -0.15) is 8.42 Å². The fourth-order valence-corrected chi connectivity index (χ4v) is 2.74. The first-order valence-corrected chi connectivity index (χ1v) is 10.1. The van der Waals surface area contributed by atoms with E-state index < -0.39 is 15.9 Å². The molecule has 0 bridgehead atoms. The molecule has 0 saturated carbocycles. The van der Waals surface area contributed by atoms with Crippen LogP contribution in [-0.4, -0.2) is 42.8 Å². The van der Waals surface area contributed by atoms with E-state index in [1.165, 1.54) is 13.0 Å². The number of anilines is 2. The van der Waals surface area contributed by atoms with Crippen molar-refractivity contribution in [3.63, 3.8) is 0 Å². The van der Waals surface area contributed by atoms with Crippen LogP contribution >= 0.6 is 11.6 Å². The molecule has 6 nitrogen and oxygen atoms in total. The molecule has 0 unspecified atom stereocenters. The molecule has 0 amide bonds. The van der Waals surface area contributed by atoms with Gasteiger partial charge in [-0.15, -0.1) is 0 Å². The predicted octanol–water partition coefficient (Wildman–Crippen LogP) is 3.27. The Labute approximate surface area is 157 Å². The van der Waals surface area contributed by atoms with Crippen LogP contribution < -0.4 is 10.2 Å². The standard InChI is InChI=1S/C15H15ClFN3.C2H6O3S/c16-14-8-11(3-4-15(14)17)20(13-5-7-19-10-13)12-2-1-6-18-9-12;1-2-6(3,4)5/h1-4,6,8-9,13,19H,5,7,10H2;2H2,1H3,(H,3,4,5)/t13-;/m0./s1. The number of nitrogens with zero attached hydrogens (tertiary/aromatic N) is 2. The fourth-order valence-electron chi connectivity index (χ4n) is 2.56. The molecule has 1 aliphatic heterocycles. The number of benzene rings is 1. The second kappa shape index (κ2) is 9.27. The van der Waals surface area contributed by atoms with Gasteiger partial charge in [0.2, 0.25) is 0 Å². The van der Waals surface area contributed by atoms with E-state index in [4.69, 9.17) is 16.2 Å². The summed E-state index contributed by atoms with van der Waals surface area (Å²) in [5.74, 6) is -0.599. The Kier molecular flexibility index (Phi) is 7.33. The quantitative estimate of drug-likeness (QED) is 0.765. The second-order valence-electron chi connectivity index (χ2n) is 5.70. The van der Waals surface area contributed by atoms with E-state index in [9.17, 15) is 12.8 Å². The van der Waals surface area contributed by atoms with Crippen molar-refractivity contribution < 1.29 is 17.4 Å². The third-order valence-corrected chi connectivity index (χ3v) is 4.89. The summed E-state index contributed by atoms with van der Waals surface area (Å²) in [4.78, 5) is 6.34. The van der Waals surface area contributed by atoms with Crippen molar-refractivity contribution in [1.29, 1.82) is 0 Å². The van der Waals surface area contributed by atoms with Gasteiger partial charge in [0.25, 0.3) is 10.1 Å². The molecule has 2 aromatic rings. The van der Waals surface area contributed by atoms with Crippen LogP contribution in [0.15, 0.2) is 42.7 Å². The van der Waals surface area contributed by atoms with E-state index in [-0.39, 0.29) is 10.8 Å². The molecule has 1 aliphatic rings. The number of hydrogen-bond acceptors (Lipinski definition) is 5. The first-order chi connectivity index (χ1) is 12.3. The Balaban J connectivity index is 0.000000352. The average Bonchev–Trinajstić information content (AvgIpc) is 3.13. The smallest absolute Gasteiger partial charge is 0.264 e. The van der Waals surface area contributed by atoms with Crippen LogP contribution in [-0.2, 0) is 10.1 Å². The molecule has 3 rings (SSSR count). The predicted molar refractivity (Wildman–Crippen MR) is 101 cm³/mol. The molecule has 1 saturated heterocycles. The van der Waals surface area contributed by atoms with Crippen LogP contribution in [0, 0.1) is 5.82 Å². The molecule has 2 N–H and O–H groups in total. The van der Waals surface area contributed by atoms with Gasteiger partial charge in [-0.05, 0) is 50.2 Å². The monoisotopic (exact) mass is 401 g/mol. The highest BCUT2D eigenvalue weighted by Gasteiger charge is 2.24. The Morgan fingerprint density at radius 1 is 1.38 bits per heavy atom. The summed E-state index contributed by atoms with van der Waals surface area (Å²) < 4.78 is 40.3. The molecule has 1 aromatic carbocycles. The van der Waals surface area contributed by atoms with E-state index in [2.05, 4.69) is 15.2 Å². The van der Waals surface area contributed by atoms with Crippen molar-refractivity contribution in [1.82, 2.24) is 10.3 Å². The summed E-state index contributed by atoms with van der Waals surface area (Å²) >= 11 is 5.92. The number of halogens is 2. The topological polar surface area (TPSA) is 82.5 Å². The van der Waals surface area contributed by atoms with Crippen LogP contribution in [0.2, 0.25) is 5.02 Å². The molecule has 9 heteroatoms. The van der Waals surface area contributed by atoms with Crippen molar-refractivity contribution in [2.24, 2.45) is 0 Å². The largest absolute Gasteiger partial charge is 0.336 e. The van der Waals surface area contributed by atoms with Crippen molar-refractivity contribution in [3.8, 4) is 0 Å². The fraction of sp³-hybridized carbons (Fsp3) is 0.353. The first kappa shape index (κ1) is 20.6. The molecule has 0 aliphatic carbocycles. The van der Waals surface area contributed by atoms with Crippen molar-refractivity contribution >= 4 is 33.1 Å². The van der Waals surface area contributed by atoms with Gasteiger partial charge in [0.05, 0.1) is 22.7 Å². The summed E-state index contributed by atoms with van der Waals surface area (Å²) in [5.41, 5.74) is 1.88. The zero-order valence-electron chi connectivity index (χ0n) is 14.3. The number of rotatable bonds is 4. The molecule has 1 fully saturated rings. The van der Waals surface area contributed by atoms with Crippen molar-refractivity contribution in [2.75, 3.05) is 23.7 Å². The summed E-state index contributed by atoms with van der Waals surface area (Å²) in [6, 6.07) is 9.05. The maximum Gasteiger partial charge on any atom is 0.264 e. The molecule has 0 radical (unpaired) electrons. The number of nitrogens with one attached hydrogen (secondary N) is 1. The third-order valence-electron chi connectivity index (χ3n) is 3.87. The molecule has 0 spiro atoms. The Hall–Kier alpha value is -1.74. The lowest BCUT2D eigenvalue weighted by Crippen LogP contribution is -2.33. The minimum Gasteiger partial charge on any atom is -0.336 e. The lowest BCUT2D eigenvalue weighted by molar-refractivity contribution is 0.484. The Morgan fingerprint density at radius 2 is 2.12 bits per heavy atom. The number of pyridine rings is 1. The normalized spacial score (nSPS) is 16.7. The van der Waals surface area contributed by atoms with E-state index in [1.807, 2.05) is 18.3 Å². The number of aromatic nitrogens is 1. The van der Waals surface area contributed by atoms with E-state index in [1.54, 1.807) is 18.3 Å². The summed E-state index contributed by atoms with van der Waals surface area (Å²) in [6.07, 6.45) is 4.59. The summed E-state index contributed by atoms with van der Waals surface area (Å²) in [6.45, 7) is 3.25. The van der Waals surface area contributed by atoms with Gasteiger partial charge >= 0.3 is 0 Å². The highest BCUT2D eigenvalue weighted by molar-refractivity contribution is 7.85. The zero-order chi connectivity index (χ0) is 19.2. The van der Waals surface area contributed by atoms with E-state index in [0.717, 1.165) is 30.9 Å². The summed E-state index contributed by atoms with van der Waals surface area (Å²) in [7, 11) is -3.66. The number of hydrogen-bond donors (Lipinski definition) is 2. The van der Waals surface area contributed by atoms with Crippen LogP contribution in [0.25, 0.3) is 0 Å². The molecular formula is C17H21ClFN3O3S. The lowest BCUT2D eigenvalue weighted by atomic mass is 10.1. The Morgan fingerprint density at radius 3 is 2.62 bits per heavy atom. The second-order valence-corrected chi connectivity index (χ2v) is 7.85. The molecule has 1 aromatic heterocycles. The van der Waals surface area contributed by atoms with Gasteiger partial charge in [-0.3, -0.25) is 9.54 Å². The van der Waals surface area contributed by atoms with Gasteiger partial charge in [0.1, 0.15) is 5.82 Å². The van der Waals surface area contributed by atoms with Crippen LogP contribution in [0.5, 0.6) is 0 Å². The zero-order valence-corrected chi connectivity index (χ0v) is 15.8. The molecule has 26 heavy (non-hydrogen) atoms. The highest BCUT2D eigenvalue weighted by Crippen LogP contribution is 2.32. The van der Waals surface area contributed by atoms with E-state index >= 15 is 0 Å². The molecule has 2 heterocycles. The van der Waals surface area contributed by atoms with Crippen LogP contribution in [0.4, 0.5) is 15.8 Å². The van der Waals surface area contributed by atoms with E-state index in [0.29, 0.717) is 6.04 Å². The molecule has 1 atom stereocenters. The lowest BCUT2D eigenvalue weighted by Gasteiger charge is -2.30. The van der Waals surface area contributed by atoms with Gasteiger partial charge in [0, 0.05) is 24.5 Å². The maximum absolute atomic E-state index is 13.4. The van der Waals surface area contributed by atoms with Gasteiger partial charge in [0.15, 0.2) is 0 Å². The van der Waals surface area contributed by atoms with Gasteiger partial charge in [-0.25, -0.2) is 4.39 Å². The Bertz CT molecular complexity index is 815. The average molecular weight is 402 g/mol. The molecule has 142 valence electrons. The molecular weight excluding hydrogens is 381 g/mol.